The molecule has 2 aromatic rings. The number of hydrogen-bond acceptors (Lipinski definition) is 3. The third-order valence-electron chi connectivity index (χ3n) is 4.99. The van der Waals surface area contributed by atoms with E-state index in [-0.39, 0.29) is 23.5 Å². The van der Waals surface area contributed by atoms with Gasteiger partial charge in [-0.25, -0.2) is 9.78 Å². The fourth-order valence-corrected chi connectivity index (χ4v) is 4.10. The molecule has 1 saturated heterocycles. The van der Waals surface area contributed by atoms with Crippen LogP contribution in [0.1, 0.15) is 35.6 Å². The van der Waals surface area contributed by atoms with Gasteiger partial charge in [0, 0.05) is 30.6 Å². The maximum absolute atomic E-state index is 12.8. The summed E-state index contributed by atoms with van der Waals surface area (Å²) in [5.41, 5.74) is 0.565. The van der Waals surface area contributed by atoms with Crippen LogP contribution in [0.25, 0.3) is 0 Å². The number of alkyl halides is 3. The van der Waals surface area contributed by atoms with Crippen LogP contribution in [0.3, 0.4) is 0 Å². The third-order valence-corrected chi connectivity index (χ3v) is 5.30. The van der Waals surface area contributed by atoms with E-state index in [0.717, 1.165) is 30.0 Å². The average Bonchev–Trinajstić information content (AvgIpc) is 2.89. The lowest BCUT2D eigenvalue weighted by Gasteiger charge is -2.36. The van der Waals surface area contributed by atoms with Crippen molar-refractivity contribution >= 4 is 23.4 Å². The number of carbonyl (C=O) groups is 1. The number of rotatable bonds is 1. The van der Waals surface area contributed by atoms with Gasteiger partial charge in [0.1, 0.15) is 5.82 Å². The van der Waals surface area contributed by atoms with Crippen molar-refractivity contribution in [2.45, 2.75) is 37.5 Å². The second kappa shape index (κ2) is 6.26. The molecule has 10 heteroatoms. The number of hydrogen-bond donors (Lipinski definition) is 2. The maximum atomic E-state index is 12.8. The van der Waals surface area contributed by atoms with Crippen LogP contribution < -0.4 is 10.9 Å². The Labute approximate surface area is 156 Å². The van der Waals surface area contributed by atoms with Crippen LogP contribution in [0.15, 0.2) is 29.3 Å². The number of nitrogens with one attached hydrogen (secondary N) is 2. The summed E-state index contributed by atoms with van der Waals surface area (Å²) < 4.78 is 38.3. The lowest BCUT2D eigenvalue weighted by molar-refractivity contribution is -0.137. The Kier molecular flexibility index (Phi) is 4.14. The minimum absolute atomic E-state index is 0.0512. The predicted octanol–water partition coefficient (Wildman–Crippen LogP) is 3.74. The van der Waals surface area contributed by atoms with Gasteiger partial charge in [0.25, 0.3) is 0 Å². The minimum atomic E-state index is -4.61. The van der Waals surface area contributed by atoms with E-state index in [1.807, 2.05) is 0 Å². The Morgan fingerprint density at radius 1 is 1.33 bits per heavy atom. The molecule has 0 aromatic carbocycles. The predicted molar refractivity (Wildman–Crippen MR) is 91.6 cm³/mol. The number of aromatic amines is 1. The van der Waals surface area contributed by atoms with Crippen molar-refractivity contribution in [2.75, 3.05) is 5.32 Å². The fraction of sp³-hybridized carbons (Fsp3) is 0.353. The second-order valence-electron chi connectivity index (χ2n) is 6.61. The molecule has 2 atom stereocenters. The van der Waals surface area contributed by atoms with Crippen molar-refractivity contribution in [1.82, 2.24) is 14.9 Å². The number of carbonyl (C=O) groups excluding carboxylic acids is 1. The lowest BCUT2D eigenvalue weighted by Crippen LogP contribution is -2.44. The Hall–Kier alpha value is -2.55. The van der Waals surface area contributed by atoms with Gasteiger partial charge in [0.05, 0.1) is 16.6 Å². The fourth-order valence-electron chi connectivity index (χ4n) is 3.84. The molecule has 0 radical (unpaired) electrons. The number of amides is 2. The normalized spacial score (nSPS) is 21.1. The largest absolute Gasteiger partial charge is 0.419 e. The molecule has 1 fully saturated rings. The van der Waals surface area contributed by atoms with Gasteiger partial charge in [0.15, 0.2) is 0 Å². The first-order chi connectivity index (χ1) is 12.7. The zero-order chi connectivity index (χ0) is 19.3. The highest BCUT2D eigenvalue weighted by Gasteiger charge is 2.43. The first-order valence-corrected chi connectivity index (χ1v) is 8.65. The SMILES string of the molecule is O=C(Nc1cc(Cl)c(C(F)(F)F)cn1)N1[C@H]2CC[C@@H]1c1c[nH]c(=O)cc1C2. The van der Waals surface area contributed by atoms with Gasteiger partial charge in [-0.3, -0.25) is 10.1 Å². The van der Waals surface area contributed by atoms with Gasteiger partial charge in [-0.2, -0.15) is 13.2 Å². The molecular formula is C17H14ClF3N4O2. The molecule has 2 amide bonds. The molecule has 2 bridgehead atoms. The zero-order valence-corrected chi connectivity index (χ0v) is 14.6. The summed E-state index contributed by atoms with van der Waals surface area (Å²) in [7, 11) is 0. The number of fused-ring (bicyclic) bond motifs is 4. The van der Waals surface area contributed by atoms with Gasteiger partial charge < -0.3 is 9.88 Å². The lowest BCUT2D eigenvalue weighted by atomic mass is 9.95. The van der Waals surface area contributed by atoms with Crippen molar-refractivity contribution in [3.8, 4) is 0 Å². The molecule has 6 nitrogen and oxygen atoms in total. The summed E-state index contributed by atoms with van der Waals surface area (Å²) in [5, 5.41) is 2.00. The molecule has 4 heterocycles. The quantitative estimate of drug-likeness (QED) is 0.768. The molecular weight excluding hydrogens is 385 g/mol. The highest BCUT2D eigenvalue weighted by Crippen LogP contribution is 2.43. The zero-order valence-electron chi connectivity index (χ0n) is 13.8. The van der Waals surface area contributed by atoms with Crippen molar-refractivity contribution < 1.29 is 18.0 Å². The maximum Gasteiger partial charge on any atom is 0.419 e. The van der Waals surface area contributed by atoms with Gasteiger partial charge in [-0.05, 0) is 30.4 Å². The first-order valence-electron chi connectivity index (χ1n) is 8.27. The van der Waals surface area contributed by atoms with Gasteiger partial charge >= 0.3 is 12.2 Å². The summed E-state index contributed by atoms with van der Waals surface area (Å²) in [6.45, 7) is 0. The number of halogens is 4. The summed E-state index contributed by atoms with van der Waals surface area (Å²) >= 11 is 5.68. The Bertz CT molecular complexity index is 975. The Morgan fingerprint density at radius 2 is 2.11 bits per heavy atom. The summed E-state index contributed by atoms with van der Waals surface area (Å²) in [4.78, 5) is 32.2. The summed E-state index contributed by atoms with van der Waals surface area (Å²) in [6, 6.07) is 1.81. The smallest absolute Gasteiger partial charge is 0.329 e. The van der Waals surface area contributed by atoms with E-state index in [1.165, 1.54) is 0 Å². The Balaban J connectivity index is 1.57. The van der Waals surface area contributed by atoms with Crippen molar-refractivity contribution in [3.05, 3.63) is 56.6 Å². The van der Waals surface area contributed by atoms with Gasteiger partial charge in [0.2, 0.25) is 5.56 Å². The van der Waals surface area contributed by atoms with Crippen molar-refractivity contribution in [3.63, 3.8) is 0 Å². The van der Waals surface area contributed by atoms with Crippen LogP contribution in [0, 0.1) is 0 Å². The molecule has 0 saturated carbocycles. The van der Waals surface area contributed by atoms with Crippen molar-refractivity contribution in [2.24, 2.45) is 0 Å². The van der Waals surface area contributed by atoms with Crippen LogP contribution in [0.5, 0.6) is 0 Å². The van der Waals surface area contributed by atoms with Crippen LogP contribution in [-0.4, -0.2) is 26.9 Å². The number of nitrogens with zero attached hydrogens (tertiary/aromatic N) is 2. The van der Waals surface area contributed by atoms with Crippen LogP contribution in [0.2, 0.25) is 5.02 Å². The van der Waals surface area contributed by atoms with E-state index < -0.39 is 22.8 Å². The number of pyridine rings is 2. The van der Waals surface area contributed by atoms with Crippen LogP contribution in [-0.2, 0) is 12.6 Å². The Morgan fingerprint density at radius 3 is 2.81 bits per heavy atom. The van der Waals surface area contributed by atoms with E-state index in [2.05, 4.69) is 15.3 Å². The van der Waals surface area contributed by atoms with E-state index in [1.54, 1.807) is 17.2 Å². The molecule has 0 unspecified atom stereocenters. The van der Waals surface area contributed by atoms with E-state index in [0.29, 0.717) is 12.6 Å². The van der Waals surface area contributed by atoms with E-state index in [9.17, 15) is 22.8 Å². The third kappa shape index (κ3) is 3.16. The van der Waals surface area contributed by atoms with E-state index >= 15 is 0 Å². The highest BCUT2D eigenvalue weighted by atomic mass is 35.5. The molecule has 27 heavy (non-hydrogen) atoms. The molecule has 2 aromatic heterocycles. The second-order valence-corrected chi connectivity index (χ2v) is 7.02. The number of anilines is 1. The standard InChI is InChI=1S/C17H14ClF3N4O2/c18-12-5-14(22-7-11(12)17(19,20)21)24-16(27)25-9-1-2-13(25)10-6-23-15(26)4-8(10)3-9/h4-7,9,13H,1-3H2,(H,23,26)(H,22,24,27)/t9-,13+/m0/s1. The molecule has 2 N–H and O–H groups in total. The average molecular weight is 399 g/mol. The molecule has 0 aliphatic carbocycles. The van der Waals surface area contributed by atoms with Gasteiger partial charge in [-0.1, -0.05) is 11.6 Å². The molecule has 2 aliphatic rings. The number of urea groups is 1. The molecule has 0 spiro atoms. The number of H-pyrrole nitrogens is 1. The van der Waals surface area contributed by atoms with Crippen LogP contribution >= 0.6 is 11.6 Å². The topological polar surface area (TPSA) is 78.1 Å². The molecule has 142 valence electrons. The summed E-state index contributed by atoms with van der Waals surface area (Å²) in [6.07, 6.45) is -0.301. The number of aromatic nitrogens is 2. The minimum Gasteiger partial charge on any atom is -0.329 e. The summed E-state index contributed by atoms with van der Waals surface area (Å²) in [5.74, 6) is -0.0512. The molecule has 2 aliphatic heterocycles. The molecule has 4 rings (SSSR count). The first kappa shape index (κ1) is 17.8. The van der Waals surface area contributed by atoms with Gasteiger partial charge in [-0.15, -0.1) is 0 Å². The monoisotopic (exact) mass is 398 g/mol. The highest BCUT2D eigenvalue weighted by molar-refractivity contribution is 6.31. The van der Waals surface area contributed by atoms with Crippen LogP contribution in [0.4, 0.5) is 23.8 Å². The van der Waals surface area contributed by atoms with E-state index in [4.69, 9.17) is 11.6 Å². The van der Waals surface area contributed by atoms with Crippen molar-refractivity contribution in [1.29, 1.82) is 0 Å².